The molecule has 0 aromatic carbocycles. The SMILES string of the molecule is CC#CCCn1nc(C)c(CCN)c1C. The van der Waals surface area contributed by atoms with Crippen LogP contribution in [0.25, 0.3) is 0 Å². The van der Waals surface area contributed by atoms with Crippen LogP contribution in [0, 0.1) is 25.7 Å². The van der Waals surface area contributed by atoms with Crippen molar-refractivity contribution in [2.75, 3.05) is 6.54 Å². The van der Waals surface area contributed by atoms with Gasteiger partial charge in [0.1, 0.15) is 0 Å². The van der Waals surface area contributed by atoms with Crippen LogP contribution >= 0.6 is 0 Å². The lowest BCUT2D eigenvalue weighted by molar-refractivity contribution is 0.606. The molecule has 82 valence electrons. The number of nitrogens with two attached hydrogens (primary N) is 1. The van der Waals surface area contributed by atoms with Gasteiger partial charge in [-0.15, -0.1) is 11.8 Å². The monoisotopic (exact) mass is 205 g/mol. The summed E-state index contributed by atoms with van der Waals surface area (Å²) in [6.07, 6.45) is 1.78. The average molecular weight is 205 g/mol. The molecule has 1 aromatic rings. The summed E-state index contributed by atoms with van der Waals surface area (Å²) in [5, 5.41) is 4.49. The van der Waals surface area contributed by atoms with Crippen LogP contribution in [-0.4, -0.2) is 16.3 Å². The molecule has 0 aliphatic heterocycles. The molecule has 0 spiro atoms. The highest BCUT2D eigenvalue weighted by molar-refractivity contribution is 5.24. The Morgan fingerprint density at radius 2 is 2.13 bits per heavy atom. The van der Waals surface area contributed by atoms with Crippen molar-refractivity contribution in [3.8, 4) is 11.8 Å². The van der Waals surface area contributed by atoms with Gasteiger partial charge in [0.2, 0.25) is 0 Å². The topological polar surface area (TPSA) is 43.8 Å². The Balaban J connectivity index is 2.79. The Hall–Kier alpha value is -1.27. The molecule has 0 atom stereocenters. The number of aryl methyl sites for hydroxylation is 2. The maximum atomic E-state index is 5.57. The smallest absolute Gasteiger partial charge is 0.0628 e. The van der Waals surface area contributed by atoms with Gasteiger partial charge in [0, 0.05) is 12.1 Å². The molecule has 0 radical (unpaired) electrons. The molecular weight excluding hydrogens is 186 g/mol. The summed E-state index contributed by atoms with van der Waals surface area (Å²) in [6, 6.07) is 0. The molecule has 0 amide bonds. The molecule has 3 heteroatoms. The summed E-state index contributed by atoms with van der Waals surface area (Å²) in [5.41, 5.74) is 9.20. The van der Waals surface area contributed by atoms with E-state index < -0.39 is 0 Å². The molecule has 0 saturated heterocycles. The van der Waals surface area contributed by atoms with Crippen molar-refractivity contribution in [1.29, 1.82) is 0 Å². The zero-order chi connectivity index (χ0) is 11.3. The fourth-order valence-electron chi connectivity index (χ4n) is 1.74. The van der Waals surface area contributed by atoms with Crippen molar-refractivity contribution >= 4 is 0 Å². The largest absolute Gasteiger partial charge is 0.330 e. The third-order valence-electron chi connectivity index (χ3n) is 2.55. The second kappa shape index (κ2) is 5.57. The van der Waals surface area contributed by atoms with Gasteiger partial charge < -0.3 is 5.73 Å². The van der Waals surface area contributed by atoms with Crippen LogP contribution in [0.15, 0.2) is 0 Å². The summed E-state index contributed by atoms with van der Waals surface area (Å²) in [4.78, 5) is 0. The van der Waals surface area contributed by atoms with Crippen molar-refractivity contribution in [3.05, 3.63) is 17.0 Å². The number of hydrogen-bond acceptors (Lipinski definition) is 2. The van der Waals surface area contributed by atoms with E-state index in [4.69, 9.17) is 5.73 Å². The lowest BCUT2D eigenvalue weighted by Crippen LogP contribution is -2.05. The first kappa shape index (κ1) is 11.8. The van der Waals surface area contributed by atoms with Crippen molar-refractivity contribution in [1.82, 2.24) is 9.78 Å². The number of hydrogen-bond donors (Lipinski definition) is 1. The standard InChI is InChI=1S/C12H19N3/c1-4-5-6-9-15-11(3)12(7-8-13)10(2)14-15/h6-9,13H2,1-3H3. The van der Waals surface area contributed by atoms with Crippen molar-refractivity contribution < 1.29 is 0 Å². The first-order chi connectivity index (χ1) is 7.20. The third-order valence-corrected chi connectivity index (χ3v) is 2.55. The number of aromatic nitrogens is 2. The van der Waals surface area contributed by atoms with Gasteiger partial charge in [-0.05, 0) is 39.3 Å². The third kappa shape index (κ3) is 2.84. The minimum absolute atomic E-state index is 0.683. The van der Waals surface area contributed by atoms with Crippen LogP contribution in [0.4, 0.5) is 0 Å². The van der Waals surface area contributed by atoms with Crippen molar-refractivity contribution in [2.24, 2.45) is 5.73 Å². The first-order valence-corrected chi connectivity index (χ1v) is 5.33. The number of nitrogens with zero attached hydrogens (tertiary/aromatic N) is 2. The van der Waals surface area contributed by atoms with Gasteiger partial charge >= 0.3 is 0 Å². The molecule has 1 aromatic heterocycles. The molecule has 1 rings (SSSR count). The Morgan fingerprint density at radius 1 is 1.40 bits per heavy atom. The highest BCUT2D eigenvalue weighted by atomic mass is 15.3. The van der Waals surface area contributed by atoms with Crippen LogP contribution in [0.2, 0.25) is 0 Å². The molecule has 0 aliphatic rings. The second-order valence-electron chi connectivity index (χ2n) is 3.59. The molecule has 15 heavy (non-hydrogen) atoms. The van der Waals surface area contributed by atoms with E-state index in [1.54, 1.807) is 0 Å². The maximum absolute atomic E-state index is 5.57. The van der Waals surface area contributed by atoms with E-state index in [-0.39, 0.29) is 0 Å². The lowest BCUT2D eigenvalue weighted by Gasteiger charge is -2.02. The fourth-order valence-corrected chi connectivity index (χ4v) is 1.74. The van der Waals surface area contributed by atoms with Gasteiger partial charge in [-0.3, -0.25) is 4.68 Å². The predicted octanol–water partition coefficient (Wildman–Crippen LogP) is 1.41. The molecule has 2 N–H and O–H groups in total. The molecule has 0 bridgehead atoms. The zero-order valence-electron chi connectivity index (χ0n) is 9.80. The fraction of sp³-hybridized carbons (Fsp3) is 0.583. The summed E-state index contributed by atoms with van der Waals surface area (Å²) >= 11 is 0. The van der Waals surface area contributed by atoms with Gasteiger partial charge in [0.05, 0.1) is 12.2 Å². The van der Waals surface area contributed by atoms with Gasteiger partial charge in [0.15, 0.2) is 0 Å². The summed E-state index contributed by atoms with van der Waals surface area (Å²) < 4.78 is 2.03. The van der Waals surface area contributed by atoms with Crippen molar-refractivity contribution in [3.63, 3.8) is 0 Å². The van der Waals surface area contributed by atoms with Crippen LogP contribution < -0.4 is 5.73 Å². The highest BCUT2D eigenvalue weighted by Gasteiger charge is 2.09. The van der Waals surface area contributed by atoms with E-state index in [2.05, 4.69) is 23.9 Å². The molecule has 1 heterocycles. The molecule has 0 saturated carbocycles. The molecule has 0 aliphatic carbocycles. The average Bonchev–Trinajstić information content (AvgIpc) is 2.47. The zero-order valence-corrected chi connectivity index (χ0v) is 9.80. The van der Waals surface area contributed by atoms with Crippen LogP contribution in [0.3, 0.4) is 0 Å². The Kier molecular flexibility index (Phi) is 4.38. The van der Waals surface area contributed by atoms with Crippen LogP contribution in [-0.2, 0) is 13.0 Å². The minimum Gasteiger partial charge on any atom is -0.330 e. The lowest BCUT2D eigenvalue weighted by atomic mass is 10.1. The summed E-state index contributed by atoms with van der Waals surface area (Å²) in [7, 11) is 0. The normalized spacial score (nSPS) is 9.87. The van der Waals surface area contributed by atoms with Gasteiger partial charge in [-0.1, -0.05) is 0 Å². The van der Waals surface area contributed by atoms with Gasteiger partial charge in [-0.2, -0.15) is 5.10 Å². The van der Waals surface area contributed by atoms with E-state index in [1.807, 2.05) is 18.5 Å². The summed E-state index contributed by atoms with van der Waals surface area (Å²) in [6.45, 7) is 7.56. The minimum atomic E-state index is 0.683. The quantitative estimate of drug-likeness (QED) is 0.755. The molecular formula is C12H19N3. The van der Waals surface area contributed by atoms with E-state index in [1.165, 1.54) is 11.3 Å². The van der Waals surface area contributed by atoms with Crippen LogP contribution in [0.1, 0.15) is 30.3 Å². The van der Waals surface area contributed by atoms with Gasteiger partial charge in [-0.25, -0.2) is 0 Å². The van der Waals surface area contributed by atoms with E-state index in [0.717, 1.165) is 25.1 Å². The molecule has 3 nitrogen and oxygen atoms in total. The number of rotatable bonds is 4. The summed E-state index contributed by atoms with van der Waals surface area (Å²) in [5.74, 6) is 5.94. The van der Waals surface area contributed by atoms with Gasteiger partial charge in [0.25, 0.3) is 0 Å². The predicted molar refractivity (Wildman–Crippen MR) is 62.5 cm³/mol. The Bertz CT molecular complexity index is 380. The Morgan fingerprint density at radius 3 is 2.73 bits per heavy atom. The highest BCUT2D eigenvalue weighted by Crippen LogP contribution is 2.13. The van der Waals surface area contributed by atoms with E-state index in [9.17, 15) is 0 Å². The first-order valence-electron chi connectivity index (χ1n) is 5.33. The molecule has 0 fully saturated rings. The molecule has 0 unspecified atom stereocenters. The van der Waals surface area contributed by atoms with E-state index in [0.29, 0.717) is 6.54 Å². The second-order valence-corrected chi connectivity index (χ2v) is 3.59. The van der Waals surface area contributed by atoms with E-state index >= 15 is 0 Å². The van der Waals surface area contributed by atoms with Crippen molar-refractivity contribution in [2.45, 2.75) is 40.2 Å². The Labute approximate surface area is 91.7 Å². The van der Waals surface area contributed by atoms with Crippen LogP contribution in [0.5, 0.6) is 0 Å². The maximum Gasteiger partial charge on any atom is 0.0628 e.